The van der Waals surface area contributed by atoms with Crippen molar-refractivity contribution in [2.24, 2.45) is 0 Å². The molecule has 5 nitrogen and oxygen atoms in total. The van der Waals surface area contributed by atoms with Crippen LogP contribution in [0.15, 0.2) is 30.3 Å². The van der Waals surface area contributed by atoms with Gasteiger partial charge in [-0.05, 0) is 38.7 Å². The van der Waals surface area contributed by atoms with Crippen molar-refractivity contribution in [3.8, 4) is 0 Å². The second-order valence-electron chi connectivity index (χ2n) is 5.66. The molecule has 0 saturated carbocycles. The molecular formula is C17H23FN4O. The van der Waals surface area contributed by atoms with Crippen molar-refractivity contribution in [3.05, 3.63) is 53.2 Å². The van der Waals surface area contributed by atoms with Gasteiger partial charge < -0.3 is 15.0 Å². The minimum absolute atomic E-state index is 0.0341. The van der Waals surface area contributed by atoms with E-state index >= 15 is 0 Å². The largest absolute Gasteiger partial charge is 0.377 e. The molecule has 0 radical (unpaired) electrons. The Bertz CT molecular complexity index is 648. The van der Waals surface area contributed by atoms with Crippen LogP contribution in [0.5, 0.6) is 0 Å². The Labute approximate surface area is 136 Å². The van der Waals surface area contributed by atoms with E-state index in [1.54, 1.807) is 19.2 Å². The summed E-state index contributed by atoms with van der Waals surface area (Å²) in [5.41, 5.74) is 1.80. The van der Waals surface area contributed by atoms with Crippen LogP contribution in [0.2, 0.25) is 0 Å². The molecule has 0 amide bonds. The first-order valence-electron chi connectivity index (χ1n) is 7.49. The first-order chi connectivity index (χ1) is 11.0. The number of hydrogen-bond acceptors (Lipinski definition) is 5. The van der Waals surface area contributed by atoms with Gasteiger partial charge in [0.05, 0.1) is 6.04 Å². The maximum absolute atomic E-state index is 13.5. The first-order valence-corrected chi connectivity index (χ1v) is 7.49. The Morgan fingerprint density at radius 2 is 2.04 bits per heavy atom. The van der Waals surface area contributed by atoms with E-state index in [2.05, 4.69) is 15.3 Å². The van der Waals surface area contributed by atoms with Crippen molar-refractivity contribution in [1.82, 2.24) is 14.9 Å². The number of nitrogens with zero attached hydrogens (tertiary/aromatic N) is 3. The highest BCUT2D eigenvalue weighted by Crippen LogP contribution is 2.20. The monoisotopic (exact) mass is 318 g/mol. The minimum atomic E-state index is -0.227. The Morgan fingerprint density at radius 3 is 2.70 bits per heavy atom. The average Bonchev–Trinajstić information content (AvgIpc) is 2.47. The molecule has 124 valence electrons. The SMILES string of the molecule is COCc1nc(C)cc(NCC(c2cccc(F)c2)N(C)C)n1. The van der Waals surface area contributed by atoms with E-state index in [-0.39, 0.29) is 11.9 Å². The number of benzene rings is 1. The molecule has 1 heterocycles. The summed E-state index contributed by atoms with van der Waals surface area (Å²) in [6.07, 6.45) is 0. The van der Waals surface area contributed by atoms with Gasteiger partial charge in [0.2, 0.25) is 0 Å². The summed E-state index contributed by atoms with van der Waals surface area (Å²) >= 11 is 0. The Kier molecular flexibility index (Phi) is 6.01. The Balaban J connectivity index is 2.13. The first kappa shape index (κ1) is 17.3. The number of nitrogens with one attached hydrogen (secondary N) is 1. The molecule has 23 heavy (non-hydrogen) atoms. The summed E-state index contributed by atoms with van der Waals surface area (Å²) in [4.78, 5) is 10.8. The highest BCUT2D eigenvalue weighted by Gasteiger charge is 2.15. The number of ether oxygens (including phenoxy) is 1. The summed E-state index contributed by atoms with van der Waals surface area (Å²) < 4.78 is 18.6. The van der Waals surface area contributed by atoms with Crippen molar-refractivity contribution in [2.45, 2.75) is 19.6 Å². The van der Waals surface area contributed by atoms with Crippen LogP contribution in [0.25, 0.3) is 0 Å². The predicted molar refractivity (Wildman–Crippen MR) is 88.8 cm³/mol. The second-order valence-corrected chi connectivity index (χ2v) is 5.66. The normalized spacial score (nSPS) is 12.4. The number of likely N-dealkylation sites (N-methyl/N-ethyl adjacent to an activating group) is 1. The molecule has 0 aliphatic heterocycles. The smallest absolute Gasteiger partial charge is 0.156 e. The molecule has 1 aromatic carbocycles. The summed E-state index contributed by atoms with van der Waals surface area (Å²) in [6, 6.07) is 8.59. The second kappa shape index (κ2) is 7.99. The van der Waals surface area contributed by atoms with Crippen molar-refractivity contribution in [2.75, 3.05) is 33.1 Å². The molecule has 1 atom stereocenters. The molecule has 0 aliphatic rings. The van der Waals surface area contributed by atoms with Gasteiger partial charge in [0, 0.05) is 25.4 Å². The summed E-state index contributed by atoms with van der Waals surface area (Å²) in [5.74, 6) is 1.16. The molecule has 1 aromatic heterocycles. The number of halogens is 1. The molecule has 0 aliphatic carbocycles. The standard InChI is InChI=1S/C17H23FN4O/c1-12-8-16(21-17(20-12)11-23-4)19-10-15(22(2)3)13-6-5-7-14(18)9-13/h5-9,15H,10-11H2,1-4H3,(H,19,20,21). The zero-order chi connectivity index (χ0) is 16.8. The Morgan fingerprint density at radius 1 is 1.26 bits per heavy atom. The Hall–Kier alpha value is -2.05. The number of aryl methyl sites for hydroxylation is 1. The lowest BCUT2D eigenvalue weighted by Gasteiger charge is -2.25. The van der Waals surface area contributed by atoms with Crippen molar-refractivity contribution in [3.63, 3.8) is 0 Å². The topological polar surface area (TPSA) is 50.3 Å². The predicted octanol–water partition coefficient (Wildman–Crippen LogP) is 2.79. The maximum atomic E-state index is 13.5. The molecule has 2 rings (SSSR count). The van der Waals surface area contributed by atoms with Gasteiger partial charge in [-0.25, -0.2) is 14.4 Å². The summed E-state index contributed by atoms with van der Waals surface area (Å²) in [5, 5.41) is 3.31. The fourth-order valence-electron chi connectivity index (χ4n) is 2.43. The van der Waals surface area contributed by atoms with Gasteiger partial charge in [-0.15, -0.1) is 0 Å². The maximum Gasteiger partial charge on any atom is 0.156 e. The number of hydrogen-bond donors (Lipinski definition) is 1. The highest BCUT2D eigenvalue weighted by molar-refractivity contribution is 5.36. The van der Waals surface area contributed by atoms with Gasteiger partial charge in [0.15, 0.2) is 5.82 Å². The van der Waals surface area contributed by atoms with E-state index < -0.39 is 0 Å². The van der Waals surface area contributed by atoms with Gasteiger partial charge in [0.1, 0.15) is 18.2 Å². The van der Waals surface area contributed by atoms with Crippen LogP contribution in [0.3, 0.4) is 0 Å². The van der Waals surface area contributed by atoms with Gasteiger partial charge in [-0.3, -0.25) is 0 Å². The third-order valence-corrected chi connectivity index (χ3v) is 3.51. The molecule has 1 N–H and O–H groups in total. The van der Waals surface area contributed by atoms with Crippen LogP contribution >= 0.6 is 0 Å². The van der Waals surface area contributed by atoms with E-state index in [1.165, 1.54) is 6.07 Å². The fourth-order valence-corrected chi connectivity index (χ4v) is 2.43. The molecule has 0 spiro atoms. The van der Waals surface area contributed by atoms with E-state index in [4.69, 9.17) is 4.74 Å². The zero-order valence-corrected chi connectivity index (χ0v) is 14.0. The van der Waals surface area contributed by atoms with E-state index in [1.807, 2.05) is 38.1 Å². The summed E-state index contributed by atoms with van der Waals surface area (Å²) in [6.45, 7) is 2.90. The number of rotatable bonds is 7. The zero-order valence-electron chi connectivity index (χ0n) is 14.0. The van der Waals surface area contributed by atoms with Crippen LogP contribution in [-0.4, -0.2) is 42.6 Å². The fraction of sp³-hybridized carbons (Fsp3) is 0.412. The van der Waals surface area contributed by atoms with Crippen LogP contribution in [-0.2, 0) is 11.3 Å². The van der Waals surface area contributed by atoms with Crippen LogP contribution < -0.4 is 5.32 Å². The van der Waals surface area contributed by atoms with Crippen LogP contribution in [0, 0.1) is 12.7 Å². The van der Waals surface area contributed by atoms with Gasteiger partial charge in [0.25, 0.3) is 0 Å². The molecule has 0 fully saturated rings. The van der Waals surface area contributed by atoms with Gasteiger partial charge in [-0.2, -0.15) is 0 Å². The highest BCUT2D eigenvalue weighted by atomic mass is 19.1. The lowest BCUT2D eigenvalue weighted by molar-refractivity contribution is 0.177. The lowest BCUT2D eigenvalue weighted by Crippen LogP contribution is -2.27. The molecule has 1 unspecified atom stereocenters. The number of anilines is 1. The number of aromatic nitrogens is 2. The van der Waals surface area contributed by atoms with E-state index in [0.717, 1.165) is 17.1 Å². The van der Waals surface area contributed by atoms with Gasteiger partial charge >= 0.3 is 0 Å². The van der Waals surface area contributed by atoms with Crippen LogP contribution in [0.1, 0.15) is 23.1 Å². The molecule has 0 saturated heterocycles. The molecule has 0 bridgehead atoms. The minimum Gasteiger partial charge on any atom is -0.377 e. The van der Waals surface area contributed by atoms with E-state index in [0.29, 0.717) is 19.0 Å². The summed E-state index contributed by atoms with van der Waals surface area (Å²) in [7, 11) is 5.56. The molecular weight excluding hydrogens is 295 g/mol. The quantitative estimate of drug-likeness (QED) is 0.851. The van der Waals surface area contributed by atoms with Gasteiger partial charge in [-0.1, -0.05) is 12.1 Å². The van der Waals surface area contributed by atoms with Crippen molar-refractivity contribution in [1.29, 1.82) is 0 Å². The van der Waals surface area contributed by atoms with Crippen LogP contribution in [0.4, 0.5) is 10.2 Å². The third kappa shape index (κ3) is 4.97. The van der Waals surface area contributed by atoms with Crippen molar-refractivity contribution < 1.29 is 9.13 Å². The van der Waals surface area contributed by atoms with Crippen molar-refractivity contribution >= 4 is 5.82 Å². The number of methoxy groups -OCH3 is 1. The third-order valence-electron chi connectivity index (χ3n) is 3.51. The molecule has 6 heteroatoms. The van der Waals surface area contributed by atoms with E-state index in [9.17, 15) is 4.39 Å². The lowest BCUT2D eigenvalue weighted by atomic mass is 10.1. The average molecular weight is 318 g/mol. The molecule has 2 aromatic rings.